The van der Waals surface area contributed by atoms with Gasteiger partial charge in [0.2, 0.25) is 0 Å². The van der Waals surface area contributed by atoms with E-state index in [1.165, 1.54) is 7.11 Å². The predicted molar refractivity (Wildman–Crippen MR) is 78.2 cm³/mol. The summed E-state index contributed by atoms with van der Waals surface area (Å²) in [6, 6.07) is 10.8. The zero-order valence-corrected chi connectivity index (χ0v) is 11.8. The van der Waals surface area contributed by atoms with Gasteiger partial charge in [0.15, 0.2) is 5.75 Å². The van der Waals surface area contributed by atoms with Gasteiger partial charge in [0.25, 0.3) is 0 Å². The summed E-state index contributed by atoms with van der Waals surface area (Å²) < 4.78 is 10.5. The van der Waals surface area contributed by atoms with Gasteiger partial charge in [-0.1, -0.05) is 12.1 Å². The van der Waals surface area contributed by atoms with Crippen LogP contribution >= 0.6 is 0 Å². The fourth-order valence-corrected chi connectivity index (χ4v) is 2.05. The third kappa shape index (κ3) is 2.91. The molecule has 0 heterocycles. The summed E-state index contributed by atoms with van der Waals surface area (Å²) in [6.07, 6.45) is 0. The van der Waals surface area contributed by atoms with E-state index < -0.39 is 5.97 Å². The largest absolute Gasteiger partial charge is 0.465 e. The minimum Gasteiger partial charge on any atom is -0.465 e. The van der Waals surface area contributed by atoms with Crippen molar-refractivity contribution in [1.82, 2.24) is 0 Å². The number of hydrogen-bond acceptors (Lipinski definition) is 4. The Morgan fingerprint density at radius 2 is 1.75 bits per heavy atom. The molecule has 104 valence electrons. The van der Waals surface area contributed by atoms with E-state index in [4.69, 9.17) is 15.2 Å². The Bertz CT molecular complexity index is 630. The molecule has 2 N–H and O–H groups in total. The topological polar surface area (TPSA) is 61.5 Å². The predicted octanol–water partition coefficient (Wildman–Crippen LogP) is 3.46. The average Bonchev–Trinajstić information content (AvgIpc) is 2.39. The van der Waals surface area contributed by atoms with E-state index in [9.17, 15) is 4.79 Å². The van der Waals surface area contributed by atoms with Crippen LogP contribution < -0.4 is 10.5 Å². The minimum absolute atomic E-state index is 0.312. The number of rotatable bonds is 3. The number of nitrogen functional groups attached to an aromatic ring is 1. The SMILES string of the molecule is COC(=O)c1cccc(N)c1Oc1cc(C)cc(C)c1. The highest BCUT2D eigenvalue weighted by molar-refractivity contribution is 5.94. The summed E-state index contributed by atoms with van der Waals surface area (Å²) in [7, 11) is 1.33. The van der Waals surface area contributed by atoms with Crippen molar-refractivity contribution in [3.8, 4) is 11.5 Å². The number of ether oxygens (including phenoxy) is 2. The molecule has 0 unspecified atom stereocenters. The van der Waals surface area contributed by atoms with Crippen LogP contribution in [0.2, 0.25) is 0 Å². The van der Waals surface area contributed by atoms with Gasteiger partial charge in [-0.05, 0) is 49.2 Å². The van der Waals surface area contributed by atoms with Crippen LogP contribution in [0.1, 0.15) is 21.5 Å². The first-order chi connectivity index (χ1) is 9.51. The van der Waals surface area contributed by atoms with Crippen LogP contribution in [0.5, 0.6) is 11.5 Å². The molecular weight excluding hydrogens is 254 g/mol. The number of esters is 1. The van der Waals surface area contributed by atoms with Gasteiger partial charge in [0.1, 0.15) is 11.3 Å². The number of aryl methyl sites for hydroxylation is 2. The molecule has 2 rings (SSSR count). The first-order valence-corrected chi connectivity index (χ1v) is 6.24. The van der Waals surface area contributed by atoms with Crippen LogP contribution in [-0.2, 0) is 4.74 Å². The number of carbonyl (C=O) groups is 1. The van der Waals surface area contributed by atoms with Crippen LogP contribution in [0.25, 0.3) is 0 Å². The maximum absolute atomic E-state index is 11.8. The highest BCUT2D eigenvalue weighted by atomic mass is 16.5. The van der Waals surface area contributed by atoms with Crippen molar-refractivity contribution >= 4 is 11.7 Å². The van der Waals surface area contributed by atoms with Crippen LogP contribution in [0, 0.1) is 13.8 Å². The molecule has 0 saturated carbocycles. The van der Waals surface area contributed by atoms with Gasteiger partial charge in [-0.3, -0.25) is 0 Å². The van der Waals surface area contributed by atoms with Gasteiger partial charge >= 0.3 is 5.97 Å². The van der Waals surface area contributed by atoms with Crippen LogP contribution in [0.3, 0.4) is 0 Å². The zero-order chi connectivity index (χ0) is 14.7. The lowest BCUT2D eigenvalue weighted by Gasteiger charge is -2.13. The van der Waals surface area contributed by atoms with Crippen LogP contribution in [0.4, 0.5) is 5.69 Å². The Morgan fingerprint density at radius 3 is 2.35 bits per heavy atom. The van der Waals surface area contributed by atoms with E-state index >= 15 is 0 Å². The van der Waals surface area contributed by atoms with Crippen molar-refractivity contribution in [2.24, 2.45) is 0 Å². The number of para-hydroxylation sites is 1. The molecule has 0 aromatic heterocycles. The van der Waals surface area contributed by atoms with E-state index in [0.717, 1.165) is 11.1 Å². The molecule has 4 nitrogen and oxygen atoms in total. The minimum atomic E-state index is -0.475. The number of nitrogens with two attached hydrogens (primary N) is 1. The molecule has 0 spiro atoms. The summed E-state index contributed by atoms with van der Waals surface area (Å²) in [5.74, 6) is 0.492. The molecule has 0 fully saturated rings. The molecule has 0 bridgehead atoms. The standard InChI is InChI=1S/C16H17NO3/c1-10-7-11(2)9-12(8-10)20-15-13(16(18)19-3)5-4-6-14(15)17/h4-9H,17H2,1-3H3. The normalized spacial score (nSPS) is 10.2. The Labute approximate surface area is 118 Å². The highest BCUT2D eigenvalue weighted by Crippen LogP contribution is 2.32. The first-order valence-electron chi connectivity index (χ1n) is 6.24. The smallest absolute Gasteiger partial charge is 0.341 e. The first kappa shape index (κ1) is 13.9. The summed E-state index contributed by atoms with van der Waals surface area (Å²) in [4.78, 5) is 11.8. The number of methoxy groups -OCH3 is 1. The summed E-state index contributed by atoms with van der Waals surface area (Å²) in [5.41, 5.74) is 8.77. The lowest BCUT2D eigenvalue weighted by molar-refractivity contribution is 0.0598. The van der Waals surface area contributed by atoms with Crippen molar-refractivity contribution in [1.29, 1.82) is 0 Å². The van der Waals surface area contributed by atoms with Crippen molar-refractivity contribution in [2.45, 2.75) is 13.8 Å². The van der Waals surface area contributed by atoms with Crippen molar-refractivity contribution in [3.05, 3.63) is 53.1 Å². The number of carbonyl (C=O) groups excluding carboxylic acids is 1. The second kappa shape index (κ2) is 5.65. The summed E-state index contributed by atoms with van der Waals surface area (Å²) in [5, 5.41) is 0. The maximum Gasteiger partial charge on any atom is 0.341 e. The summed E-state index contributed by atoms with van der Waals surface area (Å²) >= 11 is 0. The molecule has 20 heavy (non-hydrogen) atoms. The highest BCUT2D eigenvalue weighted by Gasteiger charge is 2.16. The molecule has 2 aromatic rings. The molecule has 4 heteroatoms. The van der Waals surface area contributed by atoms with Gasteiger partial charge in [-0.15, -0.1) is 0 Å². The van der Waals surface area contributed by atoms with E-state index in [-0.39, 0.29) is 0 Å². The van der Waals surface area contributed by atoms with Crippen molar-refractivity contribution < 1.29 is 14.3 Å². The lowest BCUT2D eigenvalue weighted by Crippen LogP contribution is -2.05. The fraction of sp³-hybridized carbons (Fsp3) is 0.188. The zero-order valence-electron chi connectivity index (χ0n) is 11.8. The molecule has 0 radical (unpaired) electrons. The van der Waals surface area contributed by atoms with Crippen LogP contribution in [-0.4, -0.2) is 13.1 Å². The third-order valence-electron chi connectivity index (χ3n) is 2.87. The molecule has 0 aliphatic heterocycles. The van der Waals surface area contributed by atoms with E-state index in [1.54, 1.807) is 18.2 Å². The maximum atomic E-state index is 11.8. The number of benzene rings is 2. The van der Waals surface area contributed by atoms with Crippen LogP contribution in [0.15, 0.2) is 36.4 Å². The van der Waals surface area contributed by atoms with Gasteiger partial charge in [0, 0.05) is 0 Å². The summed E-state index contributed by atoms with van der Waals surface area (Å²) in [6.45, 7) is 3.96. The van der Waals surface area contributed by atoms with E-state index in [1.807, 2.05) is 32.0 Å². The molecule has 0 aliphatic rings. The molecular formula is C16H17NO3. The van der Waals surface area contributed by atoms with Gasteiger partial charge in [0.05, 0.1) is 12.8 Å². The molecule has 2 aromatic carbocycles. The van der Waals surface area contributed by atoms with Crippen molar-refractivity contribution in [3.63, 3.8) is 0 Å². The lowest BCUT2D eigenvalue weighted by atomic mass is 10.1. The Balaban J connectivity index is 2.44. The molecule has 0 saturated heterocycles. The Hall–Kier alpha value is -2.49. The molecule has 0 atom stereocenters. The van der Waals surface area contributed by atoms with Crippen molar-refractivity contribution in [2.75, 3.05) is 12.8 Å². The van der Waals surface area contributed by atoms with Gasteiger partial charge < -0.3 is 15.2 Å². The van der Waals surface area contributed by atoms with E-state index in [2.05, 4.69) is 0 Å². The average molecular weight is 271 g/mol. The van der Waals surface area contributed by atoms with E-state index in [0.29, 0.717) is 22.7 Å². The number of anilines is 1. The third-order valence-corrected chi connectivity index (χ3v) is 2.87. The quantitative estimate of drug-likeness (QED) is 0.686. The fourth-order valence-electron chi connectivity index (χ4n) is 2.05. The number of hydrogen-bond donors (Lipinski definition) is 1. The molecule has 0 aliphatic carbocycles. The molecule has 0 amide bonds. The Kier molecular flexibility index (Phi) is 3.94. The van der Waals surface area contributed by atoms with Gasteiger partial charge in [-0.2, -0.15) is 0 Å². The second-order valence-electron chi connectivity index (χ2n) is 4.64. The second-order valence-corrected chi connectivity index (χ2v) is 4.64. The van der Waals surface area contributed by atoms with Gasteiger partial charge in [-0.25, -0.2) is 4.79 Å². The monoisotopic (exact) mass is 271 g/mol. The Morgan fingerprint density at radius 1 is 1.10 bits per heavy atom.